The van der Waals surface area contributed by atoms with Gasteiger partial charge in [0.1, 0.15) is 0 Å². The SMILES string of the molecule is C[C@H](O)[C@H](CO)NC(=O)C1CCC(CCc2ccccc2)CN1. The van der Waals surface area contributed by atoms with Gasteiger partial charge in [-0.1, -0.05) is 30.3 Å². The van der Waals surface area contributed by atoms with E-state index in [9.17, 15) is 9.90 Å². The molecule has 0 spiro atoms. The number of hydrogen-bond donors (Lipinski definition) is 4. The van der Waals surface area contributed by atoms with Crippen molar-refractivity contribution in [3.63, 3.8) is 0 Å². The lowest BCUT2D eigenvalue weighted by Gasteiger charge is -2.30. The Bertz CT molecular complexity index is 470. The van der Waals surface area contributed by atoms with Gasteiger partial charge in [0, 0.05) is 0 Å². The fraction of sp³-hybridized carbons (Fsp3) is 0.611. The van der Waals surface area contributed by atoms with Gasteiger partial charge in [0.25, 0.3) is 0 Å². The van der Waals surface area contributed by atoms with Crippen molar-refractivity contribution in [2.75, 3.05) is 13.2 Å². The van der Waals surface area contributed by atoms with Gasteiger partial charge in [-0.2, -0.15) is 0 Å². The van der Waals surface area contributed by atoms with Gasteiger partial charge in [0.15, 0.2) is 0 Å². The van der Waals surface area contributed by atoms with E-state index in [2.05, 4.69) is 34.9 Å². The first-order valence-corrected chi connectivity index (χ1v) is 8.46. The van der Waals surface area contributed by atoms with Crippen molar-refractivity contribution in [2.45, 2.75) is 50.8 Å². The third kappa shape index (κ3) is 5.61. The molecule has 1 aromatic carbocycles. The molecule has 5 nitrogen and oxygen atoms in total. The number of aliphatic hydroxyl groups excluding tert-OH is 2. The third-order valence-corrected chi connectivity index (χ3v) is 4.62. The number of aryl methyl sites for hydroxylation is 1. The Labute approximate surface area is 138 Å². The van der Waals surface area contributed by atoms with Crippen LogP contribution in [0.5, 0.6) is 0 Å². The van der Waals surface area contributed by atoms with Crippen LogP contribution in [0.2, 0.25) is 0 Å². The minimum atomic E-state index is -0.758. The van der Waals surface area contributed by atoms with E-state index in [0.717, 1.165) is 32.2 Å². The molecule has 2 unspecified atom stereocenters. The van der Waals surface area contributed by atoms with Crippen LogP contribution in [0.1, 0.15) is 31.7 Å². The highest BCUT2D eigenvalue weighted by molar-refractivity contribution is 5.82. The predicted molar refractivity (Wildman–Crippen MR) is 90.0 cm³/mol. The van der Waals surface area contributed by atoms with Crippen LogP contribution in [0, 0.1) is 5.92 Å². The second-order valence-corrected chi connectivity index (χ2v) is 6.47. The summed E-state index contributed by atoms with van der Waals surface area (Å²) in [6, 6.07) is 9.64. The van der Waals surface area contributed by atoms with Crippen molar-refractivity contribution in [3.05, 3.63) is 35.9 Å². The topological polar surface area (TPSA) is 81.6 Å². The molecule has 23 heavy (non-hydrogen) atoms. The van der Waals surface area contributed by atoms with E-state index in [1.807, 2.05) is 6.07 Å². The van der Waals surface area contributed by atoms with Crippen LogP contribution in [-0.2, 0) is 11.2 Å². The van der Waals surface area contributed by atoms with E-state index in [-0.39, 0.29) is 18.6 Å². The Morgan fingerprint density at radius 3 is 2.65 bits per heavy atom. The number of hydrogen-bond acceptors (Lipinski definition) is 4. The lowest BCUT2D eigenvalue weighted by atomic mass is 9.89. The Balaban J connectivity index is 1.72. The quantitative estimate of drug-likeness (QED) is 0.600. The summed E-state index contributed by atoms with van der Waals surface area (Å²) < 4.78 is 0. The number of rotatable bonds is 7. The number of carbonyl (C=O) groups is 1. The largest absolute Gasteiger partial charge is 0.394 e. The molecule has 1 amide bonds. The fourth-order valence-corrected chi connectivity index (χ4v) is 3.00. The van der Waals surface area contributed by atoms with Gasteiger partial charge in [0.2, 0.25) is 5.91 Å². The lowest BCUT2D eigenvalue weighted by molar-refractivity contribution is -0.125. The average molecular weight is 320 g/mol. The van der Waals surface area contributed by atoms with Gasteiger partial charge in [-0.15, -0.1) is 0 Å². The first-order valence-electron chi connectivity index (χ1n) is 8.46. The van der Waals surface area contributed by atoms with E-state index in [0.29, 0.717) is 5.92 Å². The van der Waals surface area contributed by atoms with Crippen LogP contribution in [0.25, 0.3) is 0 Å². The molecule has 0 saturated carbocycles. The first-order chi connectivity index (χ1) is 11.1. The highest BCUT2D eigenvalue weighted by Gasteiger charge is 2.27. The van der Waals surface area contributed by atoms with Crippen molar-refractivity contribution < 1.29 is 15.0 Å². The van der Waals surface area contributed by atoms with E-state index in [1.165, 1.54) is 5.56 Å². The molecule has 0 aromatic heterocycles. The third-order valence-electron chi connectivity index (χ3n) is 4.62. The van der Waals surface area contributed by atoms with Gasteiger partial charge in [0.05, 0.1) is 24.8 Å². The fourth-order valence-electron chi connectivity index (χ4n) is 3.00. The van der Waals surface area contributed by atoms with Crippen LogP contribution in [0.15, 0.2) is 30.3 Å². The molecule has 1 aliphatic heterocycles. The van der Waals surface area contributed by atoms with Crippen molar-refractivity contribution in [1.29, 1.82) is 0 Å². The maximum atomic E-state index is 12.2. The zero-order valence-electron chi connectivity index (χ0n) is 13.7. The molecule has 0 radical (unpaired) electrons. The van der Waals surface area contributed by atoms with E-state index in [1.54, 1.807) is 6.92 Å². The molecular formula is C18H28N2O3. The Hall–Kier alpha value is -1.43. The standard InChI is InChI=1S/C18H28N2O3/c1-13(22)17(12-21)20-18(23)16-10-9-15(11-19-16)8-7-14-5-3-2-4-6-14/h2-6,13,15-17,19,21-22H,7-12H2,1H3,(H,20,23)/t13-,15?,16?,17-/m0/s1. The highest BCUT2D eigenvalue weighted by atomic mass is 16.3. The normalized spacial score (nSPS) is 24.0. The Kier molecular flexibility index (Phi) is 7.02. The van der Waals surface area contributed by atoms with Gasteiger partial charge >= 0.3 is 0 Å². The van der Waals surface area contributed by atoms with Crippen molar-refractivity contribution in [2.24, 2.45) is 5.92 Å². The maximum Gasteiger partial charge on any atom is 0.237 e. The number of aliphatic hydroxyl groups is 2. The minimum Gasteiger partial charge on any atom is -0.394 e. The Morgan fingerprint density at radius 2 is 2.09 bits per heavy atom. The summed E-state index contributed by atoms with van der Waals surface area (Å²) in [6.45, 7) is 2.15. The van der Waals surface area contributed by atoms with E-state index >= 15 is 0 Å². The number of nitrogens with one attached hydrogen (secondary N) is 2. The van der Waals surface area contributed by atoms with Crippen molar-refractivity contribution in [1.82, 2.24) is 10.6 Å². The van der Waals surface area contributed by atoms with Crippen molar-refractivity contribution in [3.8, 4) is 0 Å². The molecule has 2 rings (SSSR count). The predicted octanol–water partition coefficient (Wildman–Crippen LogP) is 0.845. The van der Waals surface area contributed by atoms with Gasteiger partial charge in [-0.25, -0.2) is 0 Å². The molecule has 1 fully saturated rings. The van der Waals surface area contributed by atoms with Crippen LogP contribution in [0.3, 0.4) is 0 Å². The first kappa shape index (κ1) is 17.9. The van der Waals surface area contributed by atoms with Crippen LogP contribution >= 0.6 is 0 Å². The molecule has 128 valence electrons. The average Bonchev–Trinajstić information content (AvgIpc) is 2.58. The summed E-state index contributed by atoms with van der Waals surface area (Å²) >= 11 is 0. The maximum absolute atomic E-state index is 12.2. The minimum absolute atomic E-state index is 0.133. The van der Waals surface area contributed by atoms with Crippen LogP contribution < -0.4 is 10.6 Å². The molecule has 1 aromatic rings. The highest BCUT2D eigenvalue weighted by Crippen LogP contribution is 2.20. The van der Waals surface area contributed by atoms with Gasteiger partial charge < -0.3 is 20.8 Å². The van der Waals surface area contributed by atoms with Gasteiger partial charge in [-0.3, -0.25) is 4.79 Å². The molecule has 1 heterocycles. The monoisotopic (exact) mass is 320 g/mol. The molecule has 5 heteroatoms. The van der Waals surface area contributed by atoms with Crippen LogP contribution in [-0.4, -0.2) is 47.5 Å². The summed E-state index contributed by atoms with van der Waals surface area (Å²) in [6.07, 6.45) is 3.25. The van der Waals surface area contributed by atoms with Crippen LogP contribution in [0.4, 0.5) is 0 Å². The van der Waals surface area contributed by atoms with Gasteiger partial charge in [-0.05, 0) is 50.6 Å². The summed E-state index contributed by atoms with van der Waals surface area (Å²) in [5, 5.41) is 24.7. The van der Waals surface area contributed by atoms with E-state index < -0.39 is 12.1 Å². The summed E-state index contributed by atoms with van der Waals surface area (Å²) in [5.74, 6) is 0.455. The molecule has 1 saturated heterocycles. The zero-order valence-corrected chi connectivity index (χ0v) is 13.7. The number of piperidine rings is 1. The Morgan fingerprint density at radius 1 is 1.35 bits per heavy atom. The summed E-state index contributed by atoms with van der Waals surface area (Å²) in [5.41, 5.74) is 1.36. The zero-order chi connectivity index (χ0) is 16.7. The summed E-state index contributed by atoms with van der Waals surface area (Å²) in [4.78, 5) is 12.2. The smallest absolute Gasteiger partial charge is 0.237 e. The molecule has 0 bridgehead atoms. The second kappa shape index (κ2) is 9.01. The summed E-state index contributed by atoms with van der Waals surface area (Å²) in [7, 11) is 0. The molecule has 1 aliphatic rings. The lowest BCUT2D eigenvalue weighted by Crippen LogP contribution is -2.54. The van der Waals surface area contributed by atoms with E-state index in [4.69, 9.17) is 5.11 Å². The molecular weight excluding hydrogens is 292 g/mol. The molecule has 0 aliphatic carbocycles. The molecule has 4 N–H and O–H groups in total. The molecule has 4 atom stereocenters. The number of benzene rings is 1. The van der Waals surface area contributed by atoms with Crippen molar-refractivity contribution >= 4 is 5.91 Å². The second-order valence-electron chi connectivity index (χ2n) is 6.47. The number of carbonyl (C=O) groups excluding carboxylic acids is 1. The number of amides is 1.